The molecule has 0 aromatic carbocycles. The average molecular weight is 373 g/mol. The van der Waals surface area contributed by atoms with E-state index in [1.54, 1.807) is 14.0 Å². The van der Waals surface area contributed by atoms with Gasteiger partial charge in [0.1, 0.15) is 4.90 Å². The van der Waals surface area contributed by atoms with Gasteiger partial charge in [0.05, 0.1) is 6.54 Å². The molecule has 0 spiro atoms. The molecule has 22 heavy (non-hydrogen) atoms. The predicted molar refractivity (Wildman–Crippen MR) is 89.8 cm³/mol. The van der Waals surface area contributed by atoms with Gasteiger partial charge < -0.3 is 10.6 Å². The molecule has 0 aliphatic rings. The van der Waals surface area contributed by atoms with Crippen molar-refractivity contribution in [2.24, 2.45) is 5.73 Å². The summed E-state index contributed by atoms with van der Waals surface area (Å²) >= 11 is 0. The molecule has 1 heterocycles. The first-order chi connectivity index (χ1) is 9.30. The zero-order valence-corrected chi connectivity index (χ0v) is 15.1. The molecule has 128 valence electrons. The van der Waals surface area contributed by atoms with Gasteiger partial charge in [-0.15, -0.1) is 24.8 Å². The van der Waals surface area contributed by atoms with Crippen molar-refractivity contribution in [1.82, 2.24) is 14.2 Å². The van der Waals surface area contributed by atoms with E-state index in [9.17, 15) is 13.2 Å². The van der Waals surface area contributed by atoms with Crippen molar-refractivity contribution in [3.8, 4) is 0 Å². The standard InChI is InChI=1S/C12H20N4O3S.2ClH/c1-10(7-13)16(3)12(17)9-15(2)20(18,19)11-5-4-6-14-8-11;;/h4-6,8,10H,7,9,13H2,1-3H3;2*1H. The molecule has 1 amide bonds. The first-order valence-corrected chi connectivity index (χ1v) is 7.56. The topological polar surface area (TPSA) is 96.6 Å². The second kappa shape index (κ2) is 9.96. The van der Waals surface area contributed by atoms with Gasteiger partial charge >= 0.3 is 0 Å². The number of carbonyl (C=O) groups is 1. The maximum Gasteiger partial charge on any atom is 0.244 e. The van der Waals surface area contributed by atoms with E-state index in [4.69, 9.17) is 5.73 Å². The maximum atomic E-state index is 12.2. The molecule has 0 fully saturated rings. The molecule has 7 nitrogen and oxygen atoms in total. The summed E-state index contributed by atoms with van der Waals surface area (Å²) in [6, 6.07) is 2.83. The minimum Gasteiger partial charge on any atom is -0.341 e. The Morgan fingerprint density at radius 1 is 1.36 bits per heavy atom. The summed E-state index contributed by atoms with van der Waals surface area (Å²) in [5, 5.41) is 0. The number of nitrogens with zero attached hydrogens (tertiary/aromatic N) is 3. The molecule has 2 N–H and O–H groups in total. The fourth-order valence-electron chi connectivity index (χ4n) is 1.47. The lowest BCUT2D eigenvalue weighted by Crippen LogP contribution is -2.45. The van der Waals surface area contributed by atoms with Crippen molar-refractivity contribution >= 4 is 40.7 Å². The number of sulfonamides is 1. The van der Waals surface area contributed by atoms with Gasteiger partial charge in [0.2, 0.25) is 15.9 Å². The van der Waals surface area contributed by atoms with Crippen LogP contribution in [0.4, 0.5) is 0 Å². The molecule has 0 aliphatic carbocycles. The van der Waals surface area contributed by atoms with Crippen LogP contribution in [0, 0.1) is 0 Å². The lowest BCUT2D eigenvalue weighted by molar-refractivity contribution is -0.131. The number of amides is 1. The molecule has 0 aliphatic heterocycles. The number of rotatable bonds is 6. The summed E-state index contributed by atoms with van der Waals surface area (Å²) in [6.07, 6.45) is 2.74. The SMILES string of the molecule is CC(CN)N(C)C(=O)CN(C)S(=O)(=O)c1cccnc1.Cl.Cl. The summed E-state index contributed by atoms with van der Waals surface area (Å²) in [4.78, 5) is 17.3. The van der Waals surface area contributed by atoms with Crippen LogP contribution in [0.15, 0.2) is 29.4 Å². The largest absolute Gasteiger partial charge is 0.341 e. The highest BCUT2D eigenvalue weighted by Gasteiger charge is 2.25. The Kier molecular flexibility index (Phi) is 10.6. The summed E-state index contributed by atoms with van der Waals surface area (Å²) in [6.45, 7) is 1.88. The van der Waals surface area contributed by atoms with Crippen molar-refractivity contribution in [3.63, 3.8) is 0 Å². The third-order valence-corrected chi connectivity index (χ3v) is 4.88. The molecule has 1 atom stereocenters. The van der Waals surface area contributed by atoms with Crippen LogP contribution in [-0.4, -0.2) is 61.7 Å². The third-order valence-electron chi connectivity index (χ3n) is 3.10. The molecule has 1 unspecified atom stereocenters. The second-order valence-corrected chi connectivity index (χ2v) is 6.58. The number of hydrogen-bond acceptors (Lipinski definition) is 5. The number of likely N-dealkylation sites (N-methyl/N-ethyl adjacent to an activating group) is 2. The smallest absolute Gasteiger partial charge is 0.244 e. The summed E-state index contributed by atoms with van der Waals surface area (Å²) in [5.41, 5.74) is 5.48. The van der Waals surface area contributed by atoms with Crippen LogP contribution in [0.5, 0.6) is 0 Å². The highest BCUT2D eigenvalue weighted by Crippen LogP contribution is 2.12. The average Bonchev–Trinajstić information content (AvgIpc) is 2.46. The zero-order chi connectivity index (χ0) is 15.3. The van der Waals surface area contributed by atoms with Gasteiger partial charge in [0.25, 0.3) is 0 Å². The third kappa shape index (κ3) is 5.69. The molecular weight excluding hydrogens is 351 g/mol. The van der Waals surface area contributed by atoms with Gasteiger partial charge in [0.15, 0.2) is 0 Å². The summed E-state index contributed by atoms with van der Waals surface area (Å²) < 4.78 is 25.4. The molecule has 0 radical (unpaired) electrons. The lowest BCUT2D eigenvalue weighted by atomic mass is 10.3. The molecule has 0 bridgehead atoms. The Morgan fingerprint density at radius 2 is 1.95 bits per heavy atom. The molecular formula is C12H22Cl2N4O3S. The number of aromatic nitrogens is 1. The van der Waals surface area contributed by atoms with Crippen LogP contribution in [0.25, 0.3) is 0 Å². The molecule has 10 heteroatoms. The highest BCUT2D eigenvalue weighted by atomic mass is 35.5. The van der Waals surface area contributed by atoms with E-state index in [0.29, 0.717) is 6.54 Å². The fourth-order valence-corrected chi connectivity index (χ4v) is 2.56. The number of hydrogen-bond donors (Lipinski definition) is 1. The van der Waals surface area contributed by atoms with Crippen LogP contribution in [0.1, 0.15) is 6.92 Å². The van der Waals surface area contributed by atoms with Crippen LogP contribution in [0.2, 0.25) is 0 Å². The van der Waals surface area contributed by atoms with E-state index < -0.39 is 10.0 Å². The Bertz CT molecular complexity index is 557. The van der Waals surface area contributed by atoms with Crippen LogP contribution >= 0.6 is 24.8 Å². The maximum absolute atomic E-state index is 12.2. The van der Waals surface area contributed by atoms with Gasteiger partial charge in [-0.2, -0.15) is 4.31 Å². The zero-order valence-electron chi connectivity index (χ0n) is 12.7. The van der Waals surface area contributed by atoms with Gasteiger partial charge in [-0.25, -0.2) is 8.42 Å². The fraction of sp³-hybridized carbons (Fsp3) is 0.500. The summed E-state index contributed by atoms with van der Waals surface area (Å²) in [5.74, 6) is -0.307. The van der Waals surface area contributed by atoms with E-state index in [1.165, 1.54) is 36.5 Å². The number of nitrogens with two attached hydrogens (primary N) is 1. The second-order valence-electron chi connectivity index (χ2n) is 4.54. The number of carbonyl (C=O) groups excluding carboxylic acids is 1. The molecule has 1 aromatic heterocycles. The molecule has 1 rings (SSSR count). The van der Waals surface area contributed by atoms with E-state index in [1.807, 2.05) is 0 Å². The van der Waals surface area contributed by atoms with Crippen molar-refractivity contribution in [3.05, 3.63) is 24.5 Å². The normalized spacial score (nSPS) is 12.0. The van der Waals surface area contributed by atoms with Crippen LogP contribution < -0.4 is 5.73 Å². The van der Waals surface area contributed by atoms with E-state index >= 15 is 0 Å². The minimum absolute atomic E-state index is 0. The Labute approximate surface area is 143 Å². The van der Waals surface area contributed by atoms with Crippen molar-refractivity contribution in [2.75, 3.05) is 27.2 Å². The molecule has 0 saturated carbocycles. The Balaban J connectivity index is 0. The Morgan fingerprint density at radius 3 is 2.41 bits per heavy atom. The molecule has 1 aromatic rings. The highest BCUT2D eigenvalue weighted by molar-refractivity contribution is 7.89. The number of pyridine rings is 1. The predicted octanol–water partition coefficient (Wildman–Crippen LogP) is 0.351. The van der Waals surface area contributed by atoms with E-state index in [0.717, 1.165) is 4.31 Å². The first-order valence-electron chi connectivity index (χ1n) is 6.12. The minimum atomic E-state index is -3.71. The molecule has 0 saturated heterocycles. The quantitative estimate of drug-likeness (QED) is 0.776. The van der Waals surface area contributed by atoms with Gasteiger partial charge in [-0.05, 0) is 19.1 Å². The first kappa shape index (κ1) is 23.3. The van der Waals surface area contributed by atoms with E-state index in [2.05, 4.69) is 4.98 Å². The Hall–Kier alpha value is -0.930. The van der Waals surface area contributed by atoms with Gasteiger partial charge in [0, 0.05) is 39.1 Å². The lowest BCUT2D eigenvalue weighted by Gasteiger charge is -2.26. The summed E-state index contributed by atoms with van der Waals surface area (Å²) in [7, 11) is -0.744. The van der Waals surface area contributed by atoms with Gasteiger partial charge in [-0.3, -0.25) is 9.78 Å². The van der Waals surface area contributed by atoms with Crippen molar-refractivity contribution in [1.29, 1.82) is 0 Å². The monoisotopic (exact) mass is 372 g/mol. The van der Waals surface area contributed by atoms with Crippen LogP contribution in [0.3, 0.4) is 0 Å². The van der Waals surface area contributed by atoms with Crippen LogP contribution in [-0.2, 0) is 14.8 Å². The van der Waals surface area contributed by atoms with Gasteiger partial charge in [-0.1, -0.05) is 0 Å². The van der Waals surface area contributed by atoms with Crippen molar-refractivity contribution in [2.45, 2.75) is 17.9 Å². The number of halogens is 2. The van der Waals surface area contributed by atoms with Crippen molar-refractivity contribution < 1.29 is 13.2 Å². The van der Waals surface area contributed by atoms with E-state index in [-0.39, 0.29) is 48.2 Å².